The molecule has 1 N–H and O–H groups in total. The first-order chi connectivity index (χ1) is 11.2. The number of amides is 2. The number of carbonyl (C=O) groups is 1. The van der Waals surface area contributed by atoms with Crippen molar-refractivity contribution in [3.8, 4) is 0 Å². The van der Waals surface area contributed by atoms with Gasteiger partial charge in [-0.3, -0.25) is 0 Å². The number of rotatable bonds is 8. The summed E-state index contributed by atoms with van der Waals surface area (Å²) in [7, 11) is 3.58. The molecule has 126 valence electrons. The molecule has 2 fully saturated rings. The highest BCUT2D eigenvalue weighted by atomic mass is 16.5. The second kappa shape index (κ2) is 7.35. The number of carbonyl (C=O) groups excluding carboxylic acids is 1. The van der Waals surface area contributed by atoms with Crippen molar-refractivity contribution in [1.29, 1.82) is 0 Å². The van der Waals surface area contributed by atoms with Crippen molar-refractivity contribution in [2.45, 2.75) is 44.2 Å². The lowest BCUT2D eigenvalue weighted by atomic mass is 10.1. The molecule has 3 rings (SSSR count). The van der Waals surface area contributed by atoms with Gasteiger partial charge in [-0.1, -0.05) is 30.3 Å². The monoisotopic (exact) mass is 316 g/mol. The van der Waals surface area contributed by atoms with Crippen LogP contribution in [0.25, 0.3) is 0 Å². The first-order valence-electron chi connectivity index (χ1n) is 8.75. The summed E-state index contributed by atoms with van der Waals surface area (Å²) in [4.78, 5) is 14.5. The third-order valence-corrected chi connectivity index (χ3v) is 5.09. The molecule has 1 atom stereocenters. The maximum absolute atomic E-state index is 12.7. The van der Waals surface area contributed by atoms with E-state index in [4.69, 9.17) is 4.74 Å². The van der Waals surface area contributed by atoms with Crippen molar-refractivity contribution >= 4 is 6.03 Å². The minimum absolute atomic E-state index is 0.0479. The molecule has 2 saturated carbocycles. The van der Waals surface area contributed by atoms with Crippen LogP contribution in [-0.4, -0.2) is 43.8 Å². The van der Waals surface area contributed by atoms with Gasteiger partial charge in [0.05, 0.1) is 12.6 Å². The van der Waals surface area contributed by atoms with Crippen molar-refractivity contribution in [3.63, 3.8) is 0 Å². The average molecular weight is 316 g/mol. The van der Waals surface area contributed by atoms with Gasteiger partial charge in [0, 0.05) is 20.2 Å². The molecule has 0 unspecified atom stereocenters. The minimum atomic E-state index is 0.0479. The molecule has 4 nitrogen and oxygen atoms in total. The number of hydrogen-bond acceptors (Lipinski definition) is 2. The third kappa shape index (κ3) is 4.47. The highest BCUT2D eigenvalue weighted by molar-refractivity contribution is 5.74. The van der Waals surface area contributed by atoms with Crippen LogP contribution in [0.5, 0.6) is 0 Å². The van der Waals surface area contributed by atoms with Crippen LogP contribution in [0.3, 0.4) is 0 Å². The molecule has 2 aliphatic carbocycles. The van der Waals surface area contributed by atoms with Gasteiger partial charge in [-0.15, -0.1) is 0 Å². The Morgan fingerprint density at radius 2 is 1.83 bits per heavy atom. The van der Waals surface area contributed by atoms with E-state index >= 15 is 0 Å². The molecule has 0 heterocycles. The summed E-state index contributed by atoms with van der Waals surface area (Å²) in [6.07, 6.45) is 5.91. The van der Waals surface area contributed by atoms with Gasteiger partial charge >= 0.3 is 6.03 Å². The van der Waals surface area contributed by atoms with E-state index in [2.05, 4.69) is 17.4 Å². The molecular formula is C19H28N2O2. The van der Waals surface area contributed by atoms with Gasteiger partial charge < -0.3 is 15.0 Å². The van der Waals surface area contributed by atoms with E-state index < -0.39 is 0 Å². The maximum Gasteiger partial charge on any atom is 0.317 e. The van der Waals surface area contributed by atoms with Gasteiger partial charge in [-0.25, -0.2) is 4.79 Å². The number of hydrogen-bond donors (Lipinski definition) is 1. The SMILES string of the molecule is COC[C@H](Cc1ccccc1)N(C)C(=O)NC(C1CC1)C1CC1. The maximum atomic E-state index is 12.7. The summed E-state index contributed by atoms with van der Waals surface area (Å²) in [5.74, 6) is 1.43. The van der Waals surface area contributed by atoms with Crippen LogP contribution in [0.1, 0.15) is 31.2 Å². The first-order valence-corrected chi connectivity index (χ1v) is 8.75. The summed E-state index contributed by atoms with van der Waals surface area (Å²) in [6.45, 7) is 0.552. The Labute approximate surface area is 139 Å². The van der Waals surface area contributed by atoms with E-state index in [1.807, 2.05) is 30.1 Å². The molecule has 2 amide bonds. The number of ether oxygens (including phenoxy) is 1. The van der Waals surface area contributed by atoms with E-state index in [9.17, 15) is 4.79 Å². The Balaban J connectivity index is 1.59. The Morgan fingerprint density at radius 3 is 2.35 bits per heavy atom. The molecule has 23 heavy (non-hydrogen) atoms. The first kappa shape index (κ1) is 16.3. The largest absolute Gasteiger partial charge is 0.383 e. The fraction of sp³-hybridized carbons (Fsp3) is 0.632. The van der Waals surface area contributed by atoms with Crippen LogP contribution >= 0.6 is 0 Å². The van der Waals surface area contributed by atoms with Crippen molar-refractivity contribution in [1.82, 2.24) is 10.2 Å². The molecule has 1 aromatic carbocycles. The highest BCUT2D eigenvalue weighted by Gasteiger charge is 2.42. The normalized spacial score (nSPS) is 18.7. The smallest absolute Gasteiger partial charge is 0.317 e. The molecule has 4 heteroatoms. The van der Waals surface area contributed by atoms with Gasteiger partial charge in [0.15, 0.2) is 0 Å². The summed E-state index contributed by atoms with van der Waals surface area (Å²) in [5.41, 5.74) is 1.23. The number of nitrogens with zero attached hydrogens (tertiary/aromatic N) is 1. The lowest BCUT2D eigenvalue weighted by Gasteiger charge is -2.30. The number of urea groups is 1. The molecule has 2 aliphatic rings. The minimum Gasteiger partial charge on any atom is -0.383 e. The van der Waals surface area contributed by atoms with E-state index in [0.29, 0.717) is 12.6 Å². The molecular weight excluding hydrogens is 288 g/mol. The quantitative estimate of drug-likeness (QED) is 0.801. The number of methoxy groups -OCH3 is 1. The number of nitrogens with one attached hydrogen (secondary N) is 1. The lowest BCUT2D eigenvalue weighted by molar-refractivity contribution is 0.113. The van der Waals surface area contributed by atoms with Crippen LogP contribution < -0.4 is 5.32 Å². The fourth-order valence-electron chi connectivity index (χ4n) is 3.33. The molecule has 0 aliphatic heterocycles. The van der Waals surface area contributed by atoms with Crippen molar-refractivity contribution in [2.75, 3.05) is 20.8 Å². The van der Waals surface area contributed by atoms with Crippen LogP contribution in [0.15, 0.2) is 30.3 Å². The Hall–Kier alpha value is -1.55. The van der Waals surface area contributed by atoms with E-state index in [-0.39, 0.29) is 12.1 Å². The van der Waals surface area contributed by atoms with Gasteiger partial charge in [0.2, 0.25) is 0 Å². The predicted octanol–water partition coefficient (Wildman–Crippen LogP) is 3.07. The van der Waals surface area contributed by atoms with Gasteiger partial charge in [-0.2, -0.15) is 0 Å². The summed E-state index contributed by atoms with van der Waals surface area (Å²) >= 11 is 0. The summed E-state index contributed by atoms with van der Waals surface area (Å²) < 4.78 is 5.35. The average Bonchev–Trinajstić information content (AvgIpc) is 3.46. The fourth-order valence-corrected chi connectivity index (χ4v) is 3.33. The zero-order valence-electron chi connectivity index (χ0n) is 14.2. The molecule has 0 bridgehead atoms. The van der Waals surface area contributed by atoms with Crippen LogP contribution in [0, 0.1) is 11.8 Å². The van der Waals surface area contributed by atoms with Gasteiger partial charge in [0.25, 0.3) is 0 Å². The molecule has 0 radical (unpaired) electrons. The highest BCUT2D eigenvalue weighted by Crippen LogP contribution is 2.44. The molecule has 0 aromatic heterocycles. The van der Waals surface area contributed by atoms with E-state index in [0.717, 1.165) is 18.3 Å². The number of benzene rings is 1. The zero-order valence-corrected chi connectivity index (χ0v) is 14.2. The van der Waals surface area contributed by atoms with Crippen molar-refractivity contribution in [3.05, 3.63) is 35.9 Å². The predicted molar refractivity (Wildman–Crippen MR) is 91.3 cm³/mol. The Bertz CT molecular complexity index is 499. The summed E-state index contributed by atoms with van der Waals surface area (Å²) in [6, 6.07) is 10.8. The Morgan fingerprint density at radius 1 is 1.22 bits per heavy atom. The van der Waals surface area contributed by atoms with E-state index in [1.165, 1.54) is 31.2 Å². The summed E-state index contributed by atoms with van der Waals surface area (Å²) in [5, 5.41) is 3.30. The lowest BCUT2D eigenvalue weighted by Crippen LogP contribution is -2.50. The van der Waals surface area contributed by atoms with Crippen LogP contribution in [0.2, 0.25) is 0 Å². The standard InChI is InChI=1S/C19H28N2O2/c1-21(17(13-23-2)12-14-6-4-3-5-7-14)19(22)20-18(15-8-9-15)16-10-11-16/h3-7,15-18H,8-13H2,1-2H3,(H,20,22)/t17-/m0/s1. The van der Waals surface area contributed by atoms with Crippen molar-refractivity contribution in [2.24, 2.45) is 11.8 Å². The molecule has 1 aromatic rings. The van der Waals surface area contributed by atoms with E-state index in [1.54, 1.807) is 7.11 Å². The topological polar surface area (TPSA) is 41.6 Å². The zero-order chi connectivity index (χ0) is 16.2. The number of likely N-dealkylation sites (N-methyl/N-ethyl adjacent to an activating group) is 1. The second-order valence-corrected chi connectivity index (χ2v) is 7.06. The van der Waals surface area contributed by atoms with Crippen LogP contribution in [-0.2, 0) is 11.2 Å². The Kier molecular flexibility index (Phi) is 5.21. The van der Waals surface area contributed by atoms with Gasteiger partial charge in [-0.05, 0) is 49.5 Å². The third-order valence-electron chi connectivity index (χ3n) is 5.09. The molecule has 0 spiro atoms. The van der Waals surface area contributed by atoms with Crippen LogP contribution in [0.4, 0.5) is 4.79 Å². The second-order valence-electron chi connectivity index (χ2n) is 7.06. The molecule has 0 saturated heterocycles. The van der Waals surface area contributed by atoms with Crippen molar-refractivity contribution < 1.29 is 9.53 Å². The van der Waals surface area contributed by atoms with Gasteiger partial charge in [0.1, 0.15) is 0 Å².